The van der Waals surface area contributed by atoms with Crippen LogP contribution in [0.25, 0.3) is 0 Å². The number of nitrogens with zero attached hydrogens (tertiary/aromatic N) is 1. The molecule has 30 heavy (non-hydrogen) atoms. The molecule has 3 rings (SSSR count). The van der Waals surface area contributed by atoms with Gasteiger partial charge < -0.3 is 14.6 Å². The first-order valence-electron chi connectivity index (χ1n) is 10.0. The van der Waals surface area contributed by atoms with Crippen LogP contribution in [-0.4, -0.2) is 36.4 Å². The first kappa shape index (κ1) is 22.0. The van der Waals surface area contributed by atoms with Gasteiger partial charge >= 0.3 is 0 Å². The fraction of sp³-hybridized carbons (Fsp3) is 0.280. The van der Waals surface area contributed by atoms with Crippen LogP contribution in [0, 0.1) is 5.82 Å². The van der Waals surface area contributed by atoms with Gasteiger partial charge in [-0.1, -0.05) is 54.6 Å². The highest BCUT2D eigenvalue weighted by Crippen LogP contribution is 2.17. The molecule has 0 aliphatic heterocycles. The maximum absolute atomic E-state index is 13.3. The van der Waals surface area contributed by atoms with Crippen molar-refractivity contribution in [3.8, 4) is 5.75 Å². The lowest BCUT2D eigenvalue weighted by atomic mass is 10.1. The van der Waals surface area contributed by atoms with Crippen molar-refractivity contribution in [1.82, 2.24) is 4.90 Å². The van der Waals surface area contributed by atoms with E-state index in [1.54, 1.807) is 19.2 Å². The molecule has 0 aliphatic rings. The van der Waals surface area contributed by atoms with Gasteiger partial charge in [0.05, 0.1) is 26.4 Å². The van der Waals surface area contributed by atoms with Gasteiger partial charge in [-0.3, -0.25) is 4.90 Å². The van der Waals surface area contributed by atoms with Crippen molar-refractivity contribution in [3.63, 3.8) is 0 Å². The second kappa shape index (κ2) is 11.5. The molecule has 0 saturated heterocycles. The van der Waals surface area contributed by atoms with Gasteiger partial charge in [-0.05, 0) is 41.0 Å². The molecule has 4 nitrogen and oxygen atoms in total. The number of methoxy groups -OCH3 is 1. The second-order valence-corrected chi connectivity index (χ2v) is 7.30. The molecule has 1 atom stereocenters. The van der Waals surface area contributed by atoms with E-state index in [9.17, 15) is 9.50 Å². The molecule has 158 valence electrons. The van der Waals surface area contributed by atoms with Gasteiger partial charge in [0.2, 0.25) is 0 Å². The predicted molar refractivity (Wildman–Crippen MR) is 116 cm³/mol. The number of aliphatic hydroxyl groups excluding tert-OH is 1. The van der Waals surface area contributed by atoms with Crippen molar-refractivity contribution in [2.75, 3.05) is 20.3 Å². The van der Waals surface area contributed by atoms with Crippen LogP contribution in [0.3, 0.4) is 0 Å². The van der Waals surface area contributed by atoms with Crippen LogP contribution in [-0.2, 0) is 24.4 Å². The Morgan fingerprint density at radius 1 is 0.867 bits per heavy atom. The molecule has 0 radical (unpaired) electrons. The van der Waals surface area contributed by atoms with Crippen molar-refractivity contribution in [2.45, 2.75) is 25.8 Å². The minimum absolute atomic E-state index is 0.243. The fourth-order valence-electron chi connectivity index (χ4n) is 3.30. The van der Waals surface area contributed by atoms with Gasteiger partial charge in [0.1, 0.15) is 11.6 Å². The van der Waals surface area contributed by atoms with Crippen LogP contribution in [0.4, 0.5) is 4.39 Å². The lowest BCUT2D eigenvalue weighted by Crippen LogP contribution is -2.34. The summed E-state index contributed by atoms with van der Waals surface area (Å²) in [5.41, 5.74) is 3.13. The Bertz CT molecular complexity index is 886. The summed E-state index contributed by atoms with van der Waals surface area (Å²) in [5.74, 6) is 0.536. The Hall–Kier alpha value is -2.73. The van der Waals surface area contributed by atoms with Crippen molar-refractivity contribution in [3.05, 3.63) is 101 Å². The van der Waals surface area contributed by atoms with E-state index in [0.29, 0.717) is 26.2 Å². The van der Waals surface area contributed by atoms with E-state index in [0.717, 1.165) is 22.4 Å². The highest BCUT2D eigenvalue weighted by Gasteiger charge is 2.14. The summed E-state index contributed by atoms with van der Waals surface area (Å²) in [6.45, 7) is 2.36. The maximum Gasteiger partial charge on any atom is 0.123 e. The Balaban J connectivity index is 1.60. The van der Waals surface area contributed by atoms with Crippen LogP contribution < -0.4 is 4.74 Å². The zero-order valence-corrected chi connectivity index (χ0v) is 17.2. The summed E-state index contributed by atoms with van der Waals surface area (Å²) in [5, 5.41) is 10.5. The summed E-state index contributed by atoms with van der Waals surface area (Å²) in [6.07, 6.45) is -0.639. The molecule has 0 spiro atoms. The molecule has 1 unspecified atom stereocenters. The zero-order valence-electron chi connectivity index (χ0n) is 17.2. The molecule has 3 aromatic carbocycles. The quantitative estimate of drug-likeness (QED) is 0.509. The average Bonchev–Trinajstić information content (AvgIpc) is 2.76. The monoisotopic (exact) mass is 409 g/mol. The van der Waals surface area contributed by atoms with Crippen LogP contribution in [0.15, 0.2) is 78.9 Å². The number of aliphatic hydroxyl groups is 1. The van der Waals surface area contributed by atoms with Gasteiger partial charge in [-0.15, -0.1) is 0 Å². The van der Waals surface area contributed by atoms with E-state index in [4.69, 9.17) is 9.47 Å². The molecule has 0 aliphatic carbocycles. The third kappa shape index (κ3) is 7.26. The van der Waals surface area contributed by atoms with Crippen LogP contribution >= 0.6 is 0 Å². The topological polar surface area (TPSA) is 41.9 Å². The molecule has 0 fully saturated rings. The molecular weight excluding hydrogens is 381 g/mol. The molecule has 0 aromatic heterocycles. The minimum atomic E-state index is -0.639. The Morgan fingerprint density at radius 3 is 2.30 bits per heavy atom. The van der Waals surface area contributed by atoms with Crippen LogP contribution in [0.5, 0.6) is 5.75 Å². The molecule has 3 aromatic rings. The predicted octanol–water partition coefficient (Wildman–Crippen LogP) is 4.41. The number of hydrogen-bond donors (Lipinski definition) is 1. The molecule has 1 N–H and O–H groups in total. The first-order valence-corrected chi connectivity index (χ1v) is 10.0. The van der Waals surface area contributed by atoms with E-state index < -0.39 is 6.10 Å². The van der Waals surface area contributed by atoms with E-state index in [1.165, 1.54) is 12.1 Å². The number of hydrogen-bond acceptors (Lipinski definition) is 4. The third-order valence-electron chi connectivity index (χ3n) is 4.75. The van der Waals surface area contributed by atoms with Crippen LogP contribution in [0.1, 0.15) is 16.7 Å². The van der Waals surface area contributed by atoms with Gasteiger partial charge in [0.25, 0.3) is 0 Å². The van der Waals surface area contributed by atoms with E-state index in [-0.39, 0.29) is 12.4 Å². The second-order valence-electron chi connectivity index (χ2n) is 7.30. The van der Waals surface area contributed by atoms with Crippen LogP contribution in [0.2, 0.25) is 0 Å². The Kier molecular flexibility index (Phi) is 8.39. The largest absolute Gasteiger partial charge is 0.497 e. The summed E-state index contributed by atoms with van der Waals surface area (Å²) < 4.78 is 24.3. The highest BCUT2D eigenvalue weighted by atomic mass is 19.1. The number of halogens is 1. The third-order valence-corrected chi connectivity index (χ3v) is 4.75. The molecule has 0 bridgehead atoms. The molecular formula is C25H28FNO3. The lowest BCUT2D eigenvalue weighted by molar-refractivity contribution is 0.00712. The number of ether oxygens (including phenoxy) is 2. The summed E-state index contributed by atoms with van der Waals surface area (Å²) >= 11 is 0. The van der Waals surface area contributed by atoms with E-state index in [1.807, 2.05) is 54.6 Å². The number of benzene rings is 3. The minimum Gasteiger partial charge on any atom is -0.497 e. The SMILES string of the molecule is COc1cccc(CN(Cc2ccc(F)cc2)CC(O)COCc2ccccc2)c1. The Morgan fingerprint density at radius 2 is 1.57 bits per heavy atom. The molecule has 0 saturated carbocycles. The lowest BCUT2D eigenvalue weighted by Gasteiger charge is -2.25. The van der Waals surface area contributed by atoms with E-state index in [2.05, 4.69) is 4.90 Å². The van der Waals surface area contributed by atoms with E-state index >= 15 is 0 Å². The molecule has 0 amide bonds. The van der Waals surface area contributed by atoms with Crippen molar-refractivity contribution >= 4 is 0 Å². The molecule has 5 heteroatoms. The van der Waals surface area contributed by atoms with Crippen molar-refractivity contribution < 1.29 is 19.0 Å². The van der Waals surface area contributed by atoms with Gasteiger partial charge in [0.15, 0.2) is 0 Å². The average molecular weight is 410 g/mol. The highest BCUT2D eigenvalue weighted by molar-refractivity contribution is 5.28. The van der Waals surface area contributed by atoms with Gasteiger partial charge in [0, 0.05) is 19.6 Å². The van der Waals surface area contributed by atoms with Gasteiger partial charge in [-0.2, -0.15) is 0 Å². The maximum atomic E-state index is 13.3. The summed E-state index contributed by atoms with van der Waals surface area (Å²) in [6, 6.07) is 24.2. The van der Waals surface area contributed by atoms with Crippen molar-refractivity contribution in [1.29, 1.82) is 0 Å². The molecule has 0 heterocycles. The van der Waals surface area contributed by atoms with Crippen molar-refractivity contribution in [2.24, 2.45) is 0 Å². The van der Waals surface area contributed by atoms with Gasteiger partial charge in [-0.25, -0.2) is 4.39 Å². The normalized spacial score (nSPS) is 12.1. The fourth-order valence-corrected chi connectivity index (χ4v) is 3.30. The smallest absolute Gasteiger partial charge is 0.123 e. The first-order chi connectivity index (χ1) is 14.6. The summed E-state index contributed by atoms with van der Waals surface area (Å²) in [7, 11) is 1.64. The number of rotatable bonds is 11. The summed E-state index contributed by atoms with van der Waals surface area (Å²) in [4.78, 5) is 2.12. The Labute approximate surface area is 177 Å². The zero-order chi connectivity index (χ0) is 21.2. The standard InChI is InChI=1S/C25H28FNO3/c1-29-25-9-5-8-22(14-25)16-27(15-20-10-12-23(26)13-11-20)17-24(28)19-30-18-21-6-3-2-4-7-21/h2-14,24,28H,15-19H2,1H3.